The molecule has 0 aliphatic carbocycles. The molecule has 0 radical (unpaired) electrons. The molecule has 1 rings (SSSR count). The third-order valence-corrected chi connectivity index (χ3v) is 2.27. The lowest BCUT2D eigenvalue weighted by Gasteiger charge is -2.16. The molecule has 0 fully saturated rings. The molecule has 1 unspecified atom stereocenters. The fourth-order valence-electron chi connectivity index (χ4n) is 1.46. The van der Waals surface area contributed by atoms with Crippen molar-refractivity contribution in [3.8, 4) is 0 Å². The summed E-state index contributed by atoms with van der Waals surface area (Å²) in [4.78, 5) is 10.6. The lowest BCUT2D eigenvalue weighted by molar-refractivity contribution is -0.118. The number of benzene rings is 1. The summed E-state index contributed by atoms with van der Waals surface area (Å²) in [5, 5.41) is 15.1. The van der Waals surface area contributed by atoms with E-state index < -0.39 is 0 Å². The molecule has 4 nitrogen and oxygen atoms in total. The fraction of sp³-hybridized carbons (Fsp3) is 0.417. The SMILES string of the molecule is CC(=O)NCCNC(CO)c1ccccc1. The van der Waals surface area contributed by atoms with Gasteiger partial charge in [0, 0.05) is 20.0 Å². The van der Waals surface area contributed by atoms with Crippen LogP contribution in [-0.4, -0.2) is 30.7 Å². The van der Waals surface area contributed by atoms with E-state index in [-0.39, 0.29) is 18.6 Å². The number of hydrogen-bond acceptors (Lipinski definition) is 3. The van der Waals surface area contributed by atoms with Gasteiger partial charge < -0.3 is 15.7 Å². The lowest BCUT2D eigenvalue weighted by atomic mass is 10.1. The van der Waals surface area contributed by atoms with Crippen LogP contribution in [0.3, 0.4) is 0 Å². The second-order valence-electron chi connectivity index (χ2n) is 3.58. The molecule has 0 bridgehead atoms. The Morgan fingerprint density at radius 2 is 2.00 bits per heavy atom. The third-order valence-electron chi connectivity index (χ3n) is 2.27. The molecule has 16 heavy (non-hydrogen) atoms. The van der Waals surface area contributed by atoms with Gasteiger partial charge in [-0.25, -0.2) is 0 Å². The molecule has 0 aromatic heterocycles. The predicted octanol–water partition coefficient (Wildman–Crippen LogP) is 0.446. The standard InChI is InChI=1S/C12H18N2O2/c1-10(16)13-7-8-14-12(9-15)11-5-3-2-4-6-11/h2-6,12,14-15H,7-9H2,1H3,(H,13,16). The molecule has 0 saturated carbocycles. The first-order valence-electron chi connectivity index (χ1n) is 5.37. The Morgan fingerprint density at radius 1 is 1.31 bits per heavy atom. The quantitative estimate of drug-likeness (QED) is 0.612. The number of aliphatic hydroxyl groups excluding tert-OH is 1. The second kappa shape index (κ2) is 6.98. The molecule has 1 aromatic carbocycles. The Bertz CT molecular complexity index is 314. The Labute approximate surface area is 95.7 Å². The number of carbonyl (C=O) groups is 1. The van der Waals surface area contributed by atoms with Crippen molar-refractivity contribution < 1.29 is 9.90 Å². The fourth-order valence-corrected chi connectivity index (χ4v) is 1.46. The molecule has 0 aliphatic rings. The largest absolute Gasteiger partial charge is 0.394 e. The minimum absolute atomic E-state index is 0.0398. The highest BCUT2D eigenvalue weighted by Gasteiger charge is 2.07. The zero-order chi connectivity index (χ0) is 11.8. The lowest BCUT2D eigenvalue weighted by Crippen LogP contribution is -2.33. The van der Waals surface area contributed by atoms with Gasteiger partial charge in [0.1, 0.15) is 0 Å². The average Bonchev–Trinajstić information content (AvgIpc) is 2.30. The normalized spacial score (nSPS) is 12.1. The van der Waals surface area contributed by atoms with E-state index in [9.17, 15) is 9.90 Å². The smallest absolute Gasteiger partial charge is 0.216 e. The summed E-state index contributed by atoms with van der Waals surface area (Å²) in [6, 6.07) is 9.67. The van der Waals surface area contributed by atoms with Gasteiger partial charge in [0.05, 0.1) is 12.6 Å². The van der Waals surface area contributed by atoms with Crippen molar-refractivity contribution in [2.45, 2.75) is 13.0 Å². The van der Waals surface area contributed by atoms with E-state index in [2.05, 4.69) is 10.6 Å². The second-order valence-corrected chi connectivity index (χ2v) is 3.58. The van der Waals surface area contributed by atoms with Crippen LogP contribution in [0, 0.1) is 0 Å². The van der Waals surface area contributed by atoms with Crippen LogP contribution in [0.1, 0.15) is 18.5 Å². The average molecular weight is 222 g/mol. The molecular formula is C12H18N2O2. The van der Waals surface area contributed by atoms with E-state index in [4.69, 9.17) is 0 Å². The number of aliphatic hydroxyl groups is 1. The van der Waals surface area contributed by atoms with Gasteiger partial charge in [-0.05, 0) is 5.56 Å². The first kappa shape index (κ1) is 12.7. The van der Waals surface area contributed by atoms with E-state index in [0.29, 0.717) is 13.1 Å². The van der Waals surface area contributed by atoms with E-state index in [1.807, 2.05) is 30.3 Å². The predicted molar refractivity (Wildman–Crippen MR) is 63.0 cm³/mol. The third kappa shape index (κ3) is 4.42. The Balaban J connectivity index is 2.35. The Hall–Kier alpha value is -1.39. The summed E-state index contributed by atoms with van der Waals surface area (Å²) in [6.07, 6.45) is 0. The van der Waals surface area contributed by atoms with Crippen molar-refractivity contribution in [1.82, 2.24) is 10.6 Å². The number of rotatable bonds is 6. The van der Waals surface area contributed by atoms with Gasteiger partial charge >= 0.3 is 0 Å². The van der Waals surface area contributed by atoms with Crippen molar-refractivity contribution in [2.75, 3.05) is 19.7 Å². The molecule has 0 saturated heterocycles. The van der Waals surface area contributed by atoms with Crippen LogP contribution in [0.15, 0.2) is 30.3 Å². The highest BCUT2D eigenvalue weighted by molar-refractivity contribution is 5.72. The molecule has 88 valence electrons. The van der Waals surface area contributed by atoms with Crippen LogP contribution in [0.5, 0.6) is 0 Å². The van der Waals surface area contributed by atoms with Gasteiger partial charge in [0.15, 0.2) is 0 Å². The van der Waals surface area contributed by atoms with Crippen molar-refractivity contribution in [1.29, 1.82) is 0 Å². The first-order valence-corrected chi connectivity index (χ1v) is 5.37. The number of amides is 1. The maximum absolute atomic E-state index is 10.6. The first-order chi connectivity index (χ1) is 7.74. The number of carbonyl (C=O) groups excluding carboxylic acids is 1. The van der Waals surface area contributed by atoms with Crippen molar-refractivity contribution in [3.05, 3.63) is 35.9 Å². The summed E-state index contributed by atoms with van der Waals surface area (Å²) in [5.74, 6) is -0.0398. The maximum Gasteiger partial charge on any atom is 0.216 e. The molecule has 0 heterocycles. The number of hydrogen-bond donors (Lipinski definition) is 3. The molecule has 1 amide bonds. The molecule has 1 aromatic rings. The molecule has 4 heteroatoms. The molecule has 0 aliphatic heterocycles. The van der Waals surface area contributed by atoms with E-state index in [0.717, 1.165) is 5.56 Å². The topological polar surface area (TPSA) is 61.4 Å². The van der Waals surface area contributed by atoms with Gasteiger partial charge in [0.2, 0.25) is 5.91 Å². The summed E-state index contributed by atoms with van der Waals surface area (Å²) in [7, 11) is 0. The van der Waals surface area contributed by atoms with Crippen LogP contribution in [0.2, 0.25) is 0 Å². The van der Waals surface area contributed by atoms with Gasteiger partial charge in [0.25, 0.3) is 0 Å². The Kier molecular flexibility index (Phi) is 5.53. The molecular weight excluding hydrogens is 204 g/mol. The number of nitrogens with one attached hydrogen (secondary N) is 2. The van der Waals surface area contributed by atoms with Crippen LogP contribution < -0.4 is 10.6 Å². The monoisotopic (exact) mass is 222 g/mol. The molecule has 1 atom stereocenters. The van der Waals surface area contributed by atoms with E-state index in [1.54, 1.807) is 0 Å². The van der Waals surface area contributed by atoms with Gasteiger partial charge in [-0.3, -0.25) is 4.79 Å². The van der Waals surface area contributed by atoms with Crippen LogP contribution in [0.25, 0.3) is 0 Å². The van der Waals surface area contributed by atoms with E-state index in [1.165, 1.54) is 6.92 Å². The highest BCUT2D eigenvalue weighted by Crippen LogP contribution is 2.10. The van der Waals surface area contributed by atoms with Crippen molar-refractivity contribution in [3.63, 3.8) is 0 Å². The van der Waals surface area contributed by atoms with Gasteiger partial charge in [-0.1, -0.05) is 30.3 Å². The Morgan fingerprint density at radius 3 is 2.56 bits per heavy atom. The van der Waals surface area contributed by atoms with Crippen molar-refractivity contribution in [2.24, 2.45) is 0 Å². The summed E-state index contributed by atoms with van der Waals surface area (Å²) < 4.78 is 0. The van der Waals surface area contributed by atoms with Crippen LogP contribution >= 0.6 is 0 Å². The van der Waals surface area contributed by atoms with Crippen LogP contribution in [-0.2, 0) is 4.79 Å². The molecule has 3 N–H and O–H groups in total. The molecule has 0 spiro atoms. The summed E-state index contributed by atoms with van der Waals surface area (Å²) >= 11 is 0. The van der Waals surface area contributed by atoms with Gasteiger partial charge in [-0.15, -0.1) is 0 Å². The minimum atomic E-state index is -0.0741. The minimum Gasteiger partial charge on any atom is -0.394 e. The van der Waals surface area contributed by atoms with Gasteiger partial charge in [-0.2, -0.15) is 0 Å². The summed E-state index contributed by atoms with van der Waals surface area (Å²) in [5.41, 5.74) is 1.05. The van der Waals surface area contributed by atoms with Crippen LogP contribution in [0.4, 0.5) is 0 Å². The van der Waals surface area contributed by atoms with Crippen molar-refractivity contribution >= 4 is 5.91 Å². The maximum atomic E-state index is 10.6. The highest BCUT2D eigenvalue weighted by atomic mass is 16.3. The zero-order valence-electron chi connectivity index (χ0n) is 9.44. The zero-order valence-corrected chi connectivity index (χ0v) is 9.44. The van der Waals surface area contributed by atoms with E-state index >= 15 is 0 Å². The summed E-state index contributed by atoms with van der Waals surface area (Å²) in [6.45, 7) is 2.74.